The lowest BCUT2D eigenvalue weighted by Crippen LogP contribution is -2.19. The quantitative estimate of drug-likeness (QED) is 0.819. The average molecular weight is 290 g/mol. The van der Waals surface area contributed by atoms with E-state index >= 15 is 0 Å². The number of carbonyl (C=O) groups is 1. The molecule has 106 valence electrons. The van der Waals surface area contributed by atoms with Gasteiger partial charge in [0.25, 0.3) is 5.91 Å². The van der Waals surface area contributed by atoms with E-state index in [-0.39, 0.29) is 17.2 Å². The van der Waals surface area contributed by atoms with Crippen LogP contribution in [0.5, 0.6) is 5.75 Å². The highest BCUT2D eigenvalue weighted by atomic mass is 32.2. The van der Waals surface area contributed by atoms with Crippen molar-refractivity contribution in [3.8, 4) is 5.75 Å². The molecule has 1 rings (SSSR count). The second-order valence-electron chi connectivity index (χ2n) is 3.79. The predicted molar refractivity (Wildman–Crippen MR) is 69.2 cm³/mol. The van der Waals surface area contributed by atoms with Gasteiger partial charge in [0.05, 0.1) is 18.6 Å². The molecule has 0 aromatic heterocycles. The predicted octanol–water partition coefficient (Wildman–Crippen LogP) is 1.08. The van der Waals surface area contributed by atoms with Crippen molar-refractivity contribution in [1.29, 1.82) is 0 Å². The Morgan fingerprint density at radius 2 is 2.11 bits per heavy atom. The van der Waals surface area contributed by atoms with Crippen molar-refractivity contribution < 1.29 is 22.3 Å². The van der Waals surface area contributed by atoms with Crippen molar-refractivity contribution >= 4 is 21.6 Å². The molecule has 0 saturated carbocycles. The van der Waals surface area contributed by atoms with Crippen molar-refractivity contribution in [2.75, 3.05) is 17.6 Å². The summed E-state index contributed by atoms with van der Waals surface area (Å²) in [5.74, 6) is -2.24. The monoisotopic (exact) mass is 290 g/mol. The van der Waals surface area contributed by atoms with E-state index in [0.29, 0.717) is 6.42 Å². The Bertz CT molecular complexity index is 587. The Balaban J connectivity index is 3.30. The van der Waals surface area contributed by atoms with E-state index in [1.807, 2.05) is 0 Å². The van der Waals surface area contributed by atoms with Gasteiger partial charge in [-0.25, -0.2) is 12.8 Å². The minimum absolute atomic E-state index is 0.0221. The fraction of sp³-hybridized carbons (Fsp3) is 0.364. The maximum absolute atomic E-state index is 13.5. The molecule has 0 bridgehead atoms. The maximum Gasteiger partial charge on any atom is 0.255 e. The van der Waals surface area contributed by atoms with Gasteiger partial charge < -0.3 is 10.5 Å². The van der Waals surface area contributed by atoms with Gasteiger partial charge in [-0.15, -0.1) is 0 Å². The molecule has 8 heteroatoms. The summed E-state index contributed by atoms with van der Waals surface area (Å²) < 4.78 is 43.9. The first-order chi connectivity index (χ1) is 8.82. The molecule has 0 spiro atoms. The molecule has 0 unspecified atom stereocenters. The van der Waals surface area contributed by atoms with E-state index in [1.165, 1.54) is 13.2 Å². The van der Waals surface area contributed by atoms with Crippen LogP contribution in [0.4, 0.5) is 10.1 Å². The van der Waals surface area contributed by atoms with Gasteiger partial charge in [-0.05, 0) is 18.6 Å². The van der Waals surface area contributed by atoms with Crippen molar-refractivity contribution in [2.45, 2.75) is 13.3 Å². The van der Waals surface area contributed by atoms with Crippen molar-refractivity contribution in [3.05, 3.63) is 23.5 Å². The fourth-order valence-electron chi connectivity index (χ4n) is 1.57. The molecule has 0 atom stereocenters. The first kappa shape index (κ1) is 15.2. The van der Waals surface area contributed by atoms with E-state index in [0.717, 1.165) is 6.07 Å². The number of nitrogens with one attached hydrogen (secondary N) is 1. The molecule has 0 aliphatic rings. The van der Waals surface area contributed by atoms with Crippen molar-refractivity contribution in [2.24, 2.45) is 5.73 Å². The van der Waals surface area contributed by atoms with Gasteiger partial charge in [-0.2, -0.15) is 0 Å². The van der Waals surface area contributed by atoms with Gasteiger partial charge in [-0.3, -0.25) is 9.52 Å². The molecule has 0 aliphatic heterocycles. The van der Waals surface area contributed by atoms with Crippen LogP contribution in [-0.4, -0.2) is 27.2 Å². The highest BCUT2D eigenvalue weighted by molar-refractivity contribution is 7.92. The highest BCUT2D eigenvalue weighted by Gasteiger charge is 2.21. The second-order valence-corrected chi connectivity index (χ2v) is 5.63. The second kappa shape index (κ2) is 5.87. The molecule has 0 heterocycles. The van der Waals surface area contributed by atoms with Gasteiger partial charge in [0, 0.05) is 0 Å². The Hall–Kier alpha value is -1.83. The summed E-state index contributed by atoms with van der Waals surface area (Å²) in [6, 6.07) is 2.13. The molecule has 1 aromatic carbocycles. The highest BCUT2D eigenvalue weighted by Crippen LogP contribution is 2.31. The number of hydrogen-bond acceptors (Lipinski definition) is 4. The van der Waals surface area contributed by atoms with Crippen LogP contribution in [0, 0.1) is 5.82 Å². The number of halogens is 1. The molecule has 1 amide bonds. The largest absolute Gasteiger partial charge is 0.494 e. The minimum Gasteiger partial charge on any atom is -0.494 e. The Morgan fingerprint density at radius 3 is 2.58 bits per heavy atom. The normalized spacial score (nSPS) is 11.1. The smallest absolute Gasteiger partial charge is 0.255 e. The van der Waals surface area contributed by atoms with Gasteiger partial charge in [0.1, 0.15) is 11.4 Å². The Kier molecular flexibility index (Phi) is 4.71. The first-order valence-electron chi connectivity index (χ1n) is 5.49. The number of anilines is 1. The van der Waals surface area contributed by atoms with E-state index in [9.17, 15) is 17.6 Å². The van der Waals surface area contributed by atoms with Crippen molar-refractivity contribution in [3.63, 3.8) is 0 Å². The SMILES string of the molecule is CCCS(=O)(=O)Nc1ccc(F)c(C(N)=O)c1OC. The molecular formula is C11H15FN2O4S. The zero-order chi connectivity index (χ0) is 14.6. The average Bonchev–Trinajstić information content (AvgIpc) is 2.29. The van der Waals surface area contributed by atoms with Crippen LogP contribution >= 0.6 is 0 Å². The van der Waals surface area contributed by atoms with Crippen LogP contribution in [0.1, 0.15) is 23.7 Å². The third kappa shape index (κ3) is 3.57. The van der Waals surface area contributed by atoms with Crippen LogP contribution < -0.4 is 15.2 Å². The molecule has 19 heavy (non-hydrogen) atoms. The standard InChI is InChI=1S/C11H15FN2O4S/c1-3-6-19(16,17)14-8-5-4-7(12)9(11(13)15)10(8)18-2/h4-5,14H,3,6H2,1-2H3,(H2,13,15). The zero-order valence-electron chi connectivity index (χ0n) is 10.6. The summed E-state index contributed by atoms with van der Waals surface area (Å²) >= 11 is 0. The molecule has 0 radical (unpaired) electrons. The molecule has 3 N–H and O–H groups in total. The molecular weight excluding hydrogens is 275 g/mol. The third-order valence-corrected chi connectivity index (χ3v) is 3.77. The van der Waals surface area contributed by atoms with Gasteiger partial charge in [0.2, 0.25) is 10.0 Å². The first-order valence-corrected chi connectivity index (χ1v) is 7.14. The van der Waals surface area contributed by atoms with Crippen LogP contribution in [0.15, 0.2) is 12.1 Å². The lowest BCUT2D eigenvalue weighted by atomic mass is 10.1. The summed E-state index contributed by atoms with van der Waals surface area (Å²) in [4.78, 5) is 11.2. The number of hydrogen-bond donors (Lipinski definition) is 2. The number of carbonyl (C=O) groups excluding carboxylic acids is 1. The lowest BCUT2D eigenvalue weighted by Gasteiger charge is -2.14. The van der Waals surface area contributed by atoms with Crippen LogP contribution in [0.3, 0.4) is 0 Å². The van der Waals surface area contributed by atoms with Gasteiger partial charge >= 0.3 is 0 Å². The van der Waals surface area contributed by atoms with Crippen LogP contribution in [0.2, 0.25) is 0 Å². The van der Waals surface area contributed by atoms with E-state index in [4.69, 9.17) is 10.5 Å². The number of sulfonamides is 1. The molecule has 1 aromatic rings. The molecule has 0 aliphatic carbocycles. The number of methoxy groups -OCH3 is 1. The Labute approximate surface area is 110 Å². The topological polar surface area (TPSA) is 98.5 Å². The maximum atomic E-state index is 13.5. The number of benzene rings is 1. The zero-order valence-corrected chi connectivity index (χ0v) is 11.4. The van der Waals surface area contributed by atoms with Crippen molar-refractivity contribution in [1.82, 2.24) is 0 Å². The fourth-order valence-corrected chi connectivity index (χ4v) is 2.70. The summed E-state index contributed by atoms with van der Waals surface area (Å²) in [5.41, 5.74) is 4.54. The van der Waals surface area contributed by atoms with E-state index in [2.05, 4.69) is 4.72 Å². The number of amides is 1. The Morgan fingerprint density at radius 1 is 1.47 bits per heavy atom. The van der Waals surface area contributed by atoms with Crippen LogP contribution in [-0.2, 0) is 10.0 Å². The third-order valence-electron chi connectivity index (χ3n) is 2.30. The summed E-state index contributed by atoms with van der Waals surface area (Å²) in [6.07, 6.45) is 0.418. The number of primary amides is 1. The molecule has 0 fully saturated rings. The number of nitrogens with two attached hydrogens (primary N) is 1. The minimum atomic E-state index is -3.58. The number of rotatable bonds is 6. The van der Waals surface area contributed by atoms with Gasteiger partial charge in [0.15, 0.2) is 5.75 Å². The van der Waals surface area contributed by atoms with Gasteiger partial charge in [-0.1, -0.05) is 6.92 Å². The summed E-state index contributed by atoms with van der Waals surface area (Å²) in [5, 5.41) is 0. The van der Waals surface area contributed by atoms with Crippen LogP contribution in [0.25, 0.3) is 0 Å². The number of ether oxygens (including phenoxy) is 1. The summed E-state index contributed by atoms with van der Waals surface area (Å²) in [7, 11) is -2.38. The molecule has 6 nitrogen and oxygen atoms in total. The lowest BCUT2D eigenvalue weighted by molar-refractivity contribution is 0.0993. The van der Waals surface area contributed by atoms with E-state index < -0.39 is 27.3 Å². The van der Waals surface area contributed by atoms with E-state index in [1.54, 1.807) is 6.92 Å². The molecule has 0 saturated heterocycles. The summed E-state index contributed by atoms with van der Waals surface area (Å²) in [6.45, 7) is 1.70.